The molecule has 0 bridgehead atoms. The van der Waals surface area contributed by atoms with E-state index in [4.69, 9.17) is 15.3 Å². The Morgan fingerprint density at radius 3 is 2.29 bits per heavy atom. The van der Waals surface area contributed by atoms with Crippen molar-refractivity contribution in [2.45, 2.75) is 70.3 Å². The standard InChI is InChI=1S/C21H33N3O4/c22-17-11-13-18(14-12-17)23-20(25)9-5-3-1-2-4-6-10-21(26)24-28-19-8-7-15-27-16-19/h11-14,19H,1-10,15-16,22H2,(H,23,25)(H,24,26). The summed E-state index contributed by atoms with van der Waals surface area (Å²) < 4.78 is 5.30. The van der Waals surface area contributed by atoms with Gasteiger partial charge in [0.25, 0.3) is 0 Å². The van der Waals surface area contributed by atoms with Gasteiger partial charge in [-0.15, -0.1) is 0 Å². The summed E-state index contributed by atoms with van der Waals surface area (Å²) in [6.45, 7) is 1.33. The molecule has 2 rings (SSSR count). The van der Waals surface area contributed by atoms with Gasteiger partial charge in [0.2, 0.25) is 11.8 Å². The Morgan fingerprint density at radius 2 is 1.64 bits per heavy atom. The summed E-state index contributed by atoms with van der Waals surface area (Å²) >= 11 is 0. The van der Waals surface area contributed by atoms with E-state index in [1.807, 2.05) is 0 Å². The Kier molecular flexibility index (Phi) is 10.4. The zero-order chi connectivity index (χ0) is 20.0. The number of hydrogen-bond donors (Lipinski definition) is 3. The summed E-state index contributed by atoms with van der Waals surface area (Å²) in [7, 11) is 0. The molecule has 1 atom stereocenters. The lowest BCUT2D eigenvalue weighted by atomic mass is 10.1. The fraction of sp³-hybridized carbons (Fsp3) is 0.619. The molecule has 7 heteroatoms. The van der Waals surface area contributed by atoms with Crippen LogP contribution in [0.1, 0.15) is 64.2 Å². The van der Waals surface area contributed by atoms with E-state index in [2.05, 4.69) is 10.8 Å². The molecule has 4 N–H and O–H groups in total. The molecule has 0 radical (unpaired) electrons. The van der Waals surface area contributed by atoms with E-state index in [-0.39, 0.29) is 17.9 Å². The van der Waals surface area contributed by atoms with Crippen LogP contribution in [-0.2, 0) is 19.2 Å². The van der Waals surface area contributed by atoms with Crippen LogP contribution in [-0.4, -0.2) is 31.1 Å². The number of benzene rings is 1. The van der Waals surface area contributed by atoms with Gasteiger partial charge in [-0.2, -0.15) is 0 Å². The van der Waals surface area contributed by atoms with Crippen molar-refractivity contribution < 1.29 is 19.2 Å². The Bertz CT molecular complexity index is 586. The number of anilines is 2. The number of carbonyl (C=O) groups excluding carboxylic acids is 2. The third-order valence-electron chi connectivity index (χ3n) is 4.71. The average Bonchev–Trinajstić information content (AvgIpc) is 2.71. The highest BCUT2D eigenvalue weighted by atomic mass is 16.7. The summed E-state index contributed by atoms with van der Waals surface area (Å²) in [4.78, 5) is 29.0. The van der Waals surface area contributed by atoms with Crippen molar-refractivity contribution in [2.24, 2.45) is 0 Å². The Labute approximate surface area is 167 Å². The maximum Gasteiger partial charge on any atom is 0.243 e. The van der Waals surface area contributed by atoms with Gasteiger partial charge < -0.3 is 15.8 Å². The summed E-state index contributed by atoms with van der Waals surface area (Å²) in [6.07, 6.45) is 8.80. The summed E-state index contributed by atoms with van der Waals surface area (Å²) in [5.74, 6) is -0.0327. The first kappa shape index (κ1) is 22.2. The first-order valence-corrected chi connectivity index (χ1v) is 10.3. The van der Waals surface area contributed by atoms with Gasteiger partial charge in [-0.3, -0.25) is 14.4 Å². The molecule has 28 heavy (non-hydrogen) atoms. The average molecular weight is 392 g/mol. The molecule has 1 unspecified atom stereocenters. The van der Waals surface area contributed by atoms with Crippen LogP contribution in [0.15, 0.2) is 24.3 Å². The molecule has 1 aliphatic heterocycles. The van der Waals surface area contributed by atoms with Crippen LogP contribution < -0.4 is 16.5 Å². The number of amides is 2. The van der Waals surface area contributed by atoms with Crippen LogP contribution in [0.3, 0.4) is 0 Å². The number of hydrogen-bond acceptors (Lipinski definition) is 5. The summed E-state index contributed by atoms with van der Waals surface area (Å²) in [5, 5.41) is 2.87. The minimum absolute atomic E-state index is 0.0186. The second-order valence-corrected chi connectivity index (χ2v) is 7.27. The first-order chi connectivity index (χ1) is 13.6. The van der Waals surface area contributed by atoms with Crippen molar-refractivity contribution in [2.75, 3.05) is 24.3 Å². The predicted molar refractivity (Wildman–Crippen MR) is 109 cm³/mol. The van der Waals surface area contributed by atoms with E-state index in [1.165, 1.54) is 0 Å². The van der Waals surface area contributed by atoms with Crippen molar-refractivity contribution in [1.29, 1.82) is 0 Å². The quantitative estimate of drug-likeness (QED) is 0.287. The predicted octanol–water partition coefficient (Wildman–Crippen LogP) is 3.55. The molecule has 1 heterocycles. The minimum Gasteiger partial charge on any atom is -0.399 e. The lowest BCUT2D eigenvalue weighted by Gasteiger charge is -2.21. The highest BCUT2D eigenvalue weighted by Gasteiger charge is 2.15. The summed E-state index contributed by atoms with van der Waals surface area (Å²) in [5.41, 5.74) is 9.61. The van der Waals surface area contributed by atoms with Crippen molar-refractivity contribution >= 4 is 23.2 Å². The van der Waals surface area contributed by atoms with Gasteiger partial charge in [-0.05, 0) is 49.9 Å². The number of unbranched alkanes of at least 4 members (excludes halogenated alkanes) is 5. The Morgan fingerprint density at radius 1 is 1.00 bits per heavy atom. The second-order valence-electron chi connectivity index (χ2n) is 7.27. The molecular formula is C21H33N3O4. The number of rotatable bonds is 12. The fourth-order valence-electron chi connectivity index (χ4n) is 3.07. The minimum atomic E-state index is -0.0649. The number of hydroxylamine groups is 1. The molecule has 7 nitrogen and oxygen atoms in total. The van der Waals surface area contributed by atoms with Gasteiger partial charge in [-0.25, -0.2) is 5.48 Å². The van der Waals surface area contributed by atoms with Crippen LogP contribution in [0, 0.1) is 0 Å². The van der Waals surface area contributed by atoms with E-state index in [1.54, 1.807) is 24.3 Å². The van der Waals surface area contributed by atoms with Crippen molar-refractivity contribution in [1.82, 2.24) is 5.48 Å². The van der Waals surface area contributed by atoms with Crippen LogP contribution in [0.4, 0.5) is 11.4 Å². The number of ether oxygens (including phenoxy) is 1. The first-order valence-electron chi connectivity index (χ1n) is 10.3. The number of nitrogen functional groups attached to an aromatic ring is 1. The highest BCUT2D eigenvalue weighted by molar-refractivity contribution is 5.90. The zero-order valence-corrected chi connectivity index (χ0v) is 16.6. The lowest BCUT2D eigenvalue weighted by Crippen LogP contribution is -2.34. The van der Waals surface area contributed by atoms with E-state index in [9.17, 15) is 9.59 Å². The van der Waals surface area contributed by atoms with Gasteiger partial charge >= 0.3 is 0 Å². The number of nitrogens with two attached hydrogens (primary N) is 1. The third kappa shape index (κ3) is 9.71. The van der Waals surface area contributed by atoms with Gasteiger partial charge in [-0.1, -0.05) is 25.7 Å². The largest absolute Gasteiger partial charge is 0.399 e. The Hall–Kier alpha value is -2.12. The van der Waals surface area contributed by atoms with E-state index in [0.717, 1.165) is 63.7 Å². The monoisotopic (exact) mass is 391 g/mol. The molecule has 1 aliphatic rings. The molecule has 0 saturated carbocycles. The molecule has 0 aromatic heterocycles. The zero-order valence-electron chi connectivity index (χ0n) is 16.6. The molecule has 1 fully saturated rings. The molecule has 156 valence electrons. The SMILES string of the molecule is Nc1ccc(NC(=O)CCCCCCCCC(=O)NOC2CCCOC2)cc1. The van der Waals surface area contributed by atoms with Crippen molar-refractivity contribution in [3.05, 3.63) is 24.3 Å². The van der Waals surface area contributed by atoms with Crippen LogP contribution >= 0.6 is 0 Å². The summed E-state index contributed by atoms with van der Waals surface area (Å²) in [6, 6.07) is 7.15. The van der Waals surface area contributed by atoms with Crippen LogP contribution in [0.2, 0.25) is 0 Å². The maximum atomic E-state index is 11.9. The van der Waals surface area contributed by atoms with Crippen molar-refractivity contribution in [3.63, 3.8) is 0 Å². The maximum absolute atomic E-state index is 11.9. The van der Waals surface area contributed by atoms with E-state index in [0.29, 0.717) is 25.1 Å². The molecule has 1 aromatic carbocycles. The normalized spacial score (nSPS) is 16.5. The topological polar surface area (TPSA) is 103 Å². The molecule has 0 spiro atoms. The fourth-order valence-corrected chi connectivity index (χ4v) is 3.07. The van der Waals surface area contributed by atoms with Crippen LogP contribution in [0.5, 0.6) is 0 Å². The molecule has 1 aromatic rings. The molecular weight excluding hydrogens is 358 g/mol. The second kappa shape index (κ2) is 13.1. The lowest BCUT2D eigenvalue weighted by molar-refractivity contribution is -0.146. The molecule has 0 aliphatic carbocycles. The number of carbonyl (C=O) groups is 2. The number of nitrogens with one attached hydrogen (secondary N) is 2. The third-order valence-corrected chi connectivity index (χ3v) is 4.71. The molecule has 1 saturated heterocycles. The Balaban J connectivity index is 1.39. The van der Waals surface area contributed by atoms with Gasteiger partial charge in [0.1, 0.15) is 6.10 Å². The van der Waals surface area contributed by atoms with E-state index >= 15 is 0 Å². The molecule has 2 amide bonds. The van der Waals surface area contributed by atoms with E-state index < -0.39 is 0 Å². The van der Waals surface area contributed by atoms with Crippen LogP contribution in [0.25, 0.3) is 0 Å². The van der Waals surface area contributed by atoms with Gasteiger partial charge in [0, 0.05) is 30.8 Å². The van der Waals surface area contributed by atoms with Crippen molar-refractivity contribution in [3.8, 4) is 0 Å². The van der Waals surface area contributed by atoms with Gasteiger partial charge in [0.15, 0.2) is 0 Å². The highest BCUT2D eigenvalue weighted by Crippen LogP contribution is 2.13. The smallest absolute Gasteiger partial charge is 0.243 e. The van der Waals surface area contributed by atoms with Gasteiger partial charge in [0.05, 0.1) is 6.61 Å².